The van der Waals surface area contributed by atoms with Crippen molar-refractivity contribution in [2.45, 2.75) is 6.92 Å². The van der Waals surface area contributed by atoms with E-state index in [4.69, 9.17) is 14.2 Å². The first kappa shape index (κ1) is 24.8. The van der Waals surface area contributed by atoms with Gasteiger partial charge in [0.1, 0.15) is 5.75 Å². The summed E-state index contributed by atoms with van der Waals surface area (Å²) < 4.78 is 17.1. The van der Waals surface area contributed by atoms with E-state index in [1.165, 1.54) is 13.3 Å². The number of para-hydroxylation sites is 1. The highest BCUT2D eigenvalue weighted by atomic mass is 79.9. The number of hydrogen-bond acceptors (Lipinski definition) is 6. The van der Waals surface area contributed by atoms with Crippen LogP contribution in [0.3, 0.4) is 0 Å². The molecular formula is C25H24BrN3O5. The van der Waals surface area contributed by atoms with Crippen molar-refractivity contribution in [3.63, 3.8) is 0 Å². The average molecular weight is 526 g/mol. The van der Waals surface area contributed by atoms with Gasteiger partial charge in [0, 0.05) is 11.3 Å². The number of benzene rings is 3. The number of anilines is 1. The van der Waals surface area contributed by atoms with E-state index in [9.17, 15) is 9.59 Å². The predicted molar refractivity (Wildman–Crippen MR) is 134 cm³/mol. The molecule has 0 unspecified atom stereocenters. The minimum Gasteiger partial charge on any atom is -0.497 e. The summed E-state index contributed by atoms with van der Waals surface area (Å²) in [6.07, 6.45) is 1.48. The molecule has 0 saturated carbocycles. The topological polar surface area (TPSA) is 98.2 Å². The van der Waals surface area contributed by atoms with Crippen molar-refractivity contribution in [2.75, 3.05) is 25.6 Å². The number of hydrogen-bond donors (Lipinski definition) is 2. The Hall–Kier alpha value is -3.85. The SMILES string of the molecule is CCOc1cc(/C=N/NC(=O)c2cccc(OC)c2)cc(Br)c1OCC(=O)Nc1ccccc1. The second-order valence-corrected chi connectivity index (χ2v) is 7.75. The van der Waals surface area contributed by atoms with E-state index < -0.39 is 0 Å². The smallest absolute Gasteiger partial charge is 0.271 e. The van der Waals surface area contributed by atoms with Gasteiger partial charge in [-0.15, -0.1) is 0 Å². The van der Waals surface area contributed by atoms with Crippen molar-refractivity contribution in [3.05, 3.63) is 82.3 Å². The van der Waals surface area contributed by atoms with Crippen LogP contribution >= 0.6 is 15.9 Å². The van der Waals surface area contributed by atoms with Crippen LogP contribution in [0, 0.1) is 0 Å². The molecule has 3 rings (SSSR count). The van der Waals surface area contributed by atoms with Crippen LogP contribution in [-0.4, -0.2) is 38.4 Å². The molecule has 0 atom stereocenters. The van der Waals surface area contributed by atoms with Gasteiger partial charge < -0.3 is 19.5 Å². The number of halogens is 1. The van der Waals surface area contributed by atoms with Crippen LogP contribution in [0.1, 0.15) is 22.8 Å². The Labute approximate surface area is 206 Å². The zero-order chi connectivity index (χ0) is 24.3. The highest BCUT2D eigenvalue weighted by Gasteiger charge is 2.14. The van der Waals surface area contributed by atoms with Gasteiger partial charge in [0.05, 0.1) is 24.4 Å². The third-order valence-corrected chi connectivity index (χ3v) is 5.04. The summed E-state index contributed by atoms with van der Waals surface area (Å²) in [5.74, 6) is 0.734. The molecule has 0 fully saturated rings. The molecule has 0 radical (unpaired) electrons. The molecule has 2 N–H and O–H groups in total. The van der Waals surface area contributed by atoms with Gasteiger partial charge in [-0.05, 0) is 70.9 Å². The molecule has 0 aliphatic carbocycles. The standard InChI is InChI=1S/C25H24BrN3O5/c1-3-33-22-13-17(15-27-29-25(31)18-8-7-11-20(14-18)32-2)12-21(26)24(22)34-16-23(30)28-19-9-5-4-6-10-19/h4-15H,3,16H2,1-2H3,(H,28,30)(H,29,31)/b27-15+. The lowest BCUT2D eigenvalue weighted by molar-refractivity contribution is -0.118. The van der Waals surface area contributed by atoms with Crippen molar-refractivity contribution in [2.24, 2.45) is 5.10 Å². The van der Waals surface area contributed by atoms with Crippen LogP contribution < -0.4 is 25.0 Å². The molecule has 176 valence electrons. The Bertz CT molecular complexity index is 1170. The molecule has 0 heterocycles. The molecule has 2 amide bonds. The van der Waals surface area contributed by atoms with Crippen LogP contribution in [0.25, 0.3) is 0 Å². The van der Waals surface area contributed by atoms with Crippen molar-refractivity contribution >= 4 is 39.6 Å². The van der Waals surface area contributed by atoms with Gasteiger partial charge in [-0.1, -0.05) is 24.3 Å². The number of carbonyl (C=O) groups excluding carboxylic acids is 2. The molecule has 0 aliphatic heterocycles. The third-order valence-electron chi connectivity index (χ3n) is 4.45. The van der Waals surface area contributed by atoms with Crippen LogP contribution in [-0.2, 0) is 4.79 Å². The fourth-order valence-corrected chi connectivity index (χ4v) is 3.49. The van der Waals surface area contributed by atoms with Gasteiger partial charge in [-0.25, -0.2) is 5.43 Å². The molecule has 0 aliphatic rings. The monoisotopic (exact) mass is 525 g/mol. The quantitative estimate of drug-likeness (QED) is 0.297. The summed E-state index contributed by atoms with van der Waals surface area (Å²) in [6, 6.07) is 19.3. The minimum atomic E-state index is -0.372. The third kappa shape index (κ3) is 7.08. The maximum absolute atomic E-state index is 12.3. The molecule has 0 bridgehead atoms. The lowest BCUT2D eigenvalue weighted by Crippen LogP contribution is -2.20. The van der Waals surface area contributed by atoms with Gasteiger partial charge in [-0.3, -0.25) is 9.59 Å². The van der Waals surface area contributed by atoms with Gasteiger partial charge in [0.15, 0.2) is 18.1 Å². The van der Waals surface area contributed by atoms with Crippen LogP contribution in [0.5, 0.6) is 17.2 Å². The van der Waals surface area contributed by atoms with Crippen molar-refractivity contribution in [1.82, 2.24) is 5.43 Å². The molecule has 0 spiro atoms. The number of rotatable bonds is 10. The molecule has 8 nitrogen and oxygen atoms in total. The van der Waals surface area contributed by atoms with E-state index in [0.717, 1.165) is 0 Å². The lowest BCUT2D eigenvalue weighted by atomic mass is 10.2. The van der Waals surface area contributed by atoms with Gasteiger partial charge in [0.2, 0.25) is 0 Å². The maximum Gasteiger partial charge on any atom is 0.271 e. The number of nitrogens with zero attached hydrogens (tertiary/aromatic N) is 1. The Morgan fingerprint density at radius 2 is 1.82 bits per heavy atom. The Balaban J connectivity index is 1.66. The predicted octanol–water partition coefficient (Wildman–Crippen LogP) is 4.64. The van der Waals surface area contributed by atoms with E-state index in [1.807, 2.05) is 25.1 Å². The highest BCUT2D eigenvalue weighted by Crippen LogP contribution is 2.36. The first-order valence-corrected chi connectivity index (χ1v) is 11.2. The summed E-state index contributed by atoms with van der Waals surface area (Å²) in [5, 5.41) is 6.78. The second-order valence-electron chi connectivity index (χ2n) is 6.90. The summed E-state index contributed by atoms with van der Waals surface area (Å²) >= 11 is 3.46. The molecule has 3 aromatic carbocycles. The Morgan fingerprint density at radius 1 is 1.03 bits per heavy atom. The lowest BCUT2D eigenvalue weighted by Gasteiger charge is -2.14. The fraction of sp³-hybridized carbons (Fsp3) is 0.160. The van der Waals surface area contributed by atoms with E-state index in [2.05, 4.69) is 31.8 Å². The van der Waals surface area contributed by atoms with Crippen LogP contribution in [0.15, 0.2) is 76.3 Å². The fourth-order valence-electron chi connectivity index (χ4n) is 2.92. The minimum absolute atomic E-state index is 0.197. The second kappa shape index (κ2) is 12.4. The number of hydrazone groups is 1. The molecule has 0 aromatic heterocycles. The first-order chi connectivity index (χ1) is 16.5. The van der Waals surface area contributed by atoms with Crippen molar-refractivity contribution in [1.29, 1.82) is 0 Å². The normalized spacial score (nSPS) is 10.6. The number of carbonyl (C=O) groups is 2. The molecule has 0 saturated heterocycles. The van der Waals surface area contributed by atoms with E-state index in [-0.39, 0.29) is 18.4 Å². The Kier molecular flexibility index (Phi) is 9.04. The number of methoxy groups -OCH3 is 1. The molecular weight excluding hydrogens is 502 g/mol. The highest BCUT2D eigenvalue weighted by molar-refractivity contribution is 9.10. The van der Waals surface area contributed by atoms with E-state index >= 15 is 0 Å². The molecule has 3 aromatic rings. The van der Waals surface area contributed by atoms with Crippen molar-refractivity contribution < 1.29 is 23.8 Å². The summed E-state index contributed by atoms with van der Waals surface area (Å²) in [5.41, 5.74) is 4.24. The van der Waals surface area contributed by atoms with E-state index in [0.29, 0.717) is 45.1 Å². The number of amides is 2. The zero-order valence-electron chi connectivity index (χ0n) is 18.7. The van der Waals surface area contributed by atoms with E-state index in [1.54, 1.807) is 48.5 Å². The molecule has 34 heavy (non-hydrogen) atoms. The van der Waals surface area contributed by atoms with Gasteiger partial charge >= 0.3 is 0 Å². The summed E-state index contributed by atoms with van der Waals surface area (Å²) in [6.45, 7) is 2.04. The average Bonchev–Trinajstić information content (AvgIpc) is 2.84. The van der Waals surface area contributed by atoms with Gasteiger partial charge in [-0.2, -0.15) is 5.10 Å². The Morgan fingerprint density at radius 3 is 2.56 bits per heavy atom. The van der Waals surface area contributed by atoms with Crippen molar-refractivity contribution in [3.8, 4) is 17.2 Å². The molecule has 9 heteroatoms. The van der Waals surface area contributed by atoms with Crippen LogP contribution in [0.2, 0.25) is 0 Å². The summed E-state index contributed by atoms with van der Waals surface area (Å²) in [4.78, 5) is 24.5. The maximum atomic E-state index is 12.3. The number of ether oxygens (including phenoxy) is 3. The number of nitrogens with one attached hydrogen (secondary N) is 2. The summed E-state index contributed by atoms with van der Waals surface area (Å²) in [7, 11) is 1.53. The first-order valence-electron chi connectivity index (χ1n) is 10.4. The van der Waals surface area contributed by atoms with Gasteiger partial charge in [0.25, 0.3) is 11.8 Å². The largest absolute Gasteiger partial charge is 0.497 e. The van der Waals surface area contributed by atoms with Crippen LogP contribution in [0.4, 0.5) is 5.69 Å². The zero-order valence-corrected chi connectivity index (χ0v) is 20.3.